The van der Waals surface area contributed by atoms with Crippen molar-refractivity contribution in [2.45, 2.75) is 26.3 Å². The van der Waals surface area contributed by atoms with Crippen LogP contribution in [0.2, 0.25) is 0 Å². The smallest absolute Gasteiger partial charge is 0.191 e. The second-order valence-corrected chi connectivity index (χ2v) is 7.07. The lowest BCUT2D eigenvalue weighted by Crippen LogP contribution is -2.38. The molecular weight excluding hydrogens is 479 g/mol. The summed E-state index contributed by atoms with van der Waals surface area (Å²) in [6, 6.07) is 10.3. The Kier molecular flexibility index (Phi) is 10.1. The number of nitrogens with zero attached hydrogens (tertiary/aromatic N) is 4. The lowest BCUT2D eigenvalue weighted by atomic mass is 10.1. The van der Waals surface area contributed by atoms with Gasteiger partial charge in [0.15, 0.2) is 5.96 Å². The molecule has 1 fully saturated rings. The van der Waals surface area contributed by atoms with Crippen molar-refractivity contribution in [2.24, 2.45) is 10.9 Å². The number of aromatic nitrogens is 2. The van der Waals surface area contributed by atoms with Crippen molar-refractivity contribution < 1.29 is 4.74 Å². The number of guanidine groups is 1. The molecule has 1 saturated heterocycles. The van der Waals surface area contributed by atoms with Crippen LogP contribution in [0.3, 0.4) is 0 Å². The number of aryl methyl sites for hydroxylation is 1. The number of benzene rings is 1. The maximum atomic E-state index is 5.35. The quantitative estimate of drug-likeness (QED) is 0.234. The molecule has 0 aliphatic carbocycles. The highest BCUT2D eigenvalue weighted by Crippen LogP contribution is 2.26. The zero-order valence-corrected chi connectivity index (χ0v) is 19.7. The third-order valence-corrected chi connectivity index (χ3v) is 4.97. The highest BCUT2D eigenvalue weighted by Gasteiger charge is 2.22. The lowest BCUT2D eigenvalue weighted by Gasteiger charge is -2.19. The fourth-order valence-corrected chi connectivity index (χ4v) is 3.47. The molecule has 1 unspecified atom stereocenters. The molecule has 7 nitrogen and oxygen atoms in total. The van der Waals surface area contributed by atoms with Gasteiger partial charge >= 0.3 is 0 Å². The molecule has 1 atom stereocenters. The first-order valence-corrected chi connectivity index (χ1v) is 10.2. The summed E-state index contributed by atoms with van der Waals surface area (Å²) in [5, 5.41) is 11.0. The summed E-state index contributed by atoms with van der Waals surface area (Å²) in [4.78, 5) is 7.24. The van der Waals surface area contributed by atoms with Crippen molar-refractivity contribution in [1.29, 1.82) is 0 Å². The number of ether oxygens (including phenoxy) is 1. The van der Waals surface area contributed by atoms with Gasteiger partial charge in [-0.3, -0.25) is 9.67 Å². The van der Waals surface area contributed by atoms with Gasteiger partial charge in [-0.05, 0) is 43.9 Å². The van der Waals surface area contributed by atoms with Crippen LogP contribution in [0.25, 0.3) is 0 Å². The van der Waals surface area contributed by atoms with Gasteiger partial charge in [-0.1, -0.05) is 6.07 Å². The zero-order chi connectivity index (χ0) is 19.6. The van der Waals surface area contributed by atoms with Crippen LogP contribution in [0.5, 0.6) is 5.75 Å². The first-order chi connectivity index (χ1) is 13.8. The number of rotatable bonds is 9. The summed E-state index contributed by atoms with van der Waals surface area (Å²) in [6.07, 6.45) is 5.99. The van der Waals surface area contributed by atoms with E-state index in [4.69, 9.17) is 9.73 Å². The third kappa shape index (κ3) is 7.41. The van der Waals surface area contributed by atoms with Gasteiger partial charge in [0, 0.05) is 63.4 Å². The maximum absolute atomic E-state index is 5.35. The maximum Gasteiger partial charge on any atom is 0.191 e. The molecule has 8 heteroatoms. The van der Waals surface area contributed by atoms with E-state index in [1.807, 2.05) is 29.2 Å². The van der Waals surface area contributed by atoms with Crippen LogP contribution in [0.4, 0.5) is 5.69 Å². The largest absolute Gasteiger partial charge is 0.497 e. The average Bonchev–Trinajstić information content (AvgIpc) is 3.41. The summed E-state index contributed by atoms with van der Waals surface area (Å²) in [7, 11) is 1.71. The Bertz CT molecular complexity index is 737. The summed E-state index contributed by atoms with van der Waals surface area (Å²) < 4.78 is 7.30. The van der Waals surface area contributed by atoms with Crippen LogP contribution in [-0.2, 0) is 6.54 Å². The SMILES string of the molecule is CCNC(=NCC1CCN(c2cccc(OC)c2)C1)NCCCn1cccn1.I. The van der Waals surface area contributed by atoms with Crippen molar-refractivity contribution in [2.75, 3.05) is 44.7 Å². The molecule has 0 radical (unpaired) electrons. The molecule has 0 spiro atoms. The Morgan fingerprint density at radius 1 is 1.31 bits per heavy atom. The van der Waals surface area contributed by atoms with Crippen LogP contribution >= 0.6 is 24.0 Å². The lowest BCUT2D eigenvalue weighted by molar-refractivity contribution is 0.415. The fourth-order valence-electron chi connectivity index (χ4n) is 3.47. The fraction of sp³-hybridized carbons (Fsp3) is 0.524. The molecule has 2 aromatic rings. The van der Waals surface area contributed by atoms with Gasteiger partial charge in [-0.2, -0.15) is 5.10 Å². The summed E-state index contributed by atoms with van der Waals surface area (Å²) in [5.41, 5.74) is 1.23. The molecule has 0 bridgehead atoms. The van der Waals surface area contributed by atoms with E-state index < -0.39 is 0 Å². The molecule has 1 aliphatic heterocycles. The number of hydrogen-bond donors (Lipinski definition) is 2. The van der Waals surface area contributed by atoms with E-state index in [1.54, 1.807) is 7.11 Å². The Hall–Kier alpha value is -1.97. The van der Waals surface area contributed by atoms with E-state index in [2.05, 4.69) is 45.8 Å². The molecule has 2 N–H and O–H groups in total. The first-order valence-electron chi connectivity index (χ1n) is 10.2. The Morgan fingerprint density at radius 3 is 2.97 bits per heavy atom. The van der Waals surface area contributed by atoms with Gasteiger partial charge in [0.25, 0.3) is 0 Å². The van der Waals surface area contributed by atoms with Gasteiger partial charge in [-0.15, -0.1) is 24.0 Å². The molecule has 1 aliphatic rings. The predicted octanol–water partition coefficient (Wildman–Crippen LogP) is 2.98. The number of anilines is 1. The summed E-state index contributed by atoms with van der Waals surface area (Å²) in [6.45, 7) is 7.71. The average molecular weight is 512 g/mol. The highest BCUT2D eigenvalue weighted by atomic mass is 127. The topological polar surface area (TPSA) is 66.7 Å². The van der Waals surface area contributed by atoms with Gasteiger partial charge in [0.2, 0.25) is 0 Å². The van der Waals surface area contributed by atoms with E-state index in [1.165, 1.54) is 12.1 Å². The molecule has 1 aromatic carbocycles. The van der Waals surface area contributed by atoms with E-state index in [0.717, 1.165) is 57.4 Å². The normalized spacial score (nSPS) is 16.4. The van der Waals surface area contributed by atoms with E-state index >= 15 is 0 Å². The third-order valence-electron chi connectivity index (χ3n) is 4.97. The van der Waals surface area contributed by atoms with Crippen molar-refractivity contribution in [3.63, 3.8) is 0 Å². The van der Waals surface area contributed by atoms with Gasteiger partial charge < -0.3 is 20.3 Å². The van der Waals surface area contributed by atoms with Crippen LogP contribution in [0, 0.1) is 5.92 Å². The van der Waals surface area contributed by atoms with Crippen LogP contribution in [0.15, 0.2) is 47.7 Å². The predicted molar refractivity (Wildman–Crippen MR) is 130 cm³/mol. The molecule has 3 rings (SSSR count). The number of aliphatic imine (C=N–C) groups is 1. The van der Waals surface area contributed by atoms with Crippen molar-refractivity contribution in [1.82, 2.24) is 20.4 Å². The molecule has 1 aromatic heterocycles. The molecule has 160 valence electrons. The van der Waals surface area contributed by atoms with Crippen LogP contribution < -0.4 is 20.3 Å². The van der Waals surface area contributed by atoms with Crippen LogP contribution in [0.1, 0.15) is 19.8 Å². The minimum absolute atomic E-state index is 0. The van der Waals surface area contributed by atoms with Crippen molar-refractivity contribution >= 4 is 35.6 Å². The van der Waals surface area contributed by atoms with E-state index in [9.17, 15) is 0 Å². The molecule has 0 amide bonds. The van der Waals surface area contributed by atoms with Crippen molar-refractivity contribution in [3.8, 4) is 5.75 Å². The monoisotopic (exact) mass is 512 g/mol. The Balaban J connectivity index is 0.00000300. The second-order valence-electron chi connectivity index (χ2n) is 7.07. The number of nitrogens with one attached hydrogen (secondary N) is 2. The van der Waals surface area contributed by atoms with Crippen LogP contribution in [-0.4, -0.2) is 55.6 Å². The van der Waals surface area contributed by atoms with Gasteiger partial charge in [-0.25, -0.2) is 0 Å². The first kappa shape index (κ1) is 23.3. The number of methoxy groups -OCH3 is 1. The zero-order valence-electron chi connectivity index (χ0n) is 17.4. The number of hydrogen-bond acceptors (Lipinski definition) is 4. The molecule has 29 heavy (non-hydrogen) atoms. The second kappa shape index (κ2) is 12.6. The van der Waals surface area contributed by atoms with Gasteiger partial charge in [0.1, 0.15) is 5.75 Å². The van der Waals surface area contributed by atoms with E-state index in [0.29, 0.717) is 5.92 Å². The summed E-state index contributed by atoms with van der Waals surface area (Å²) >= 11 is 0. The minimum Gasteiger partial charge on any atom is -0.497 e. The number of halogens is 1. The Morgan fingerprint density at radius 2 is 2.21 bits per heavy atom. The van der Waals surface area contributed by atoms with Crippen molar-refractivity contribution in [3.05, 3.63) is 42.7 Å². The molecule has 2 heterocycles. The summed E-state index contributed by atoms with van der Waals surface area (Å²) in [5.74, 6) is 2.39. The molecule has 0 saturated carbocycles. The highest BCUT2D eigenvalue weighted by molar-refractivity contribution is 14.0. The van der Waals surface area contributed by atoms with Gasteiger partial charge in [0.05, 0.1) is 7.11 Å². The van der Waals surface area contributed by atoms with E-state index in [-0.39, 0.29) is 24.0 Å². The molecular formula is C21H33IN6O. The minimum atomic E-state index is 0. The Labute approximate surface area is 190 Å². The standard InChI is InChI=1S/C21H32N6O.HI/c1-3-22-21(23-10-5-12-27-13-6-11-25-27)24-16-18-9-14-26(17-18)19-7-4-8-20(15-19)28-2;/h4,6-8,11,13,15,18H,3,5,9-10,12,14,16-17H2,1-2H3,(H2,22,23,24);1H.